The number of benzene rings is 8. The van der Waals surface area contributed by atoms with Gasteiger partial charge in [0.25, 0.3) is 0 Å². The Hall–Kier alpha value is -5.72. The Morgan fingerprint density at radius 3 is 1.57 bits per heavy atom. The van der Waals surface area contributed by atoms with Crippen molar-refractivity contribution in [2.24, 2.45) is 0 Å². The third-order valence-electron chi connectivity index (χ3n) is 9.81. The Morgan fingerprint density at radius 1 is 0.408 bits per heavy atom. The molecule has 0 spiro atoms. The molecule has 0 aliphatic heterocycles. The summed E-state index contributed by atoms with van der Waals surface area (Å²) < 4.78 is 0. The summed E-state index contributed by atoms with van der Waals surface area (Å²) in [6.07, 6.45) is 2.35. The molecule has 0 fully saturated rings. The highest BCUT2D eigenvalue weighted by molar-refractivity contribution is 6.20. The van der Waals surface area contributed by atoms with E-state index in [1.54, 1.807) is 0 Å². The van der Waals surface area contributed by atoms with Crippen LogP contribution in [0.2, 0.25) is 0 Å². The van der Waals surface area contributed by atoms with Gasteiger partial charge in [0, 0.05) is 0 Å². The van der Waals surface area contributed by atoms with Gasteiger partial charge in [0.05, 0.1) is 0 Å². The average molecular weight is 631 g/mol. The first-order valence-corrected chi connectivity index (χ1v) is 17.4. The van der Waals surface area contributed by atoms with Gasteiger partial charge in [-0.3, -0.25) is 0 Å². The van der Waals surface area contributed by atoms with Gasteiger partial charge in [0.2, 0.25) is 0 Å². The zero-order chi connectivity index (χ0) is 33.9. The van der Waals surface area contributed by atoms with Crippen LogP contribution in [0.5, 0.6) is 0 Å². The molecule has 0 heterocycles. The quantitative estimate of drug-likeness (QED) is 0.131. The first kappa shape index (κ1) is 31.9. The Morgan fingerprint density at radius 2 is 0.898 bits per heavy atom. The van der Waals surface area contributed by atoms with E-state index in [2.05, 4.69) is 185 Å². The molecule has 49 heavy (non-hydrogen) atoms. The highest BCUT2D eigenvalue weighted by Gasteiger charge is 2.19. The van der Waals surface area contributed by atoms with Crippen molar-refractivity contribution in [3.8, 4) is 22.3 Å². The summed E-state index contributed by atoms with van der Waals surface area (Å²) in [7, 11) is 0. The predicted molar refractivity (Wildman–Crippen MR) is 217 cm³/mol. The molecular formula is C49H42. The Kier molecular flexibility index (Phi) is 8.97. The van der Waals surface area contributed by atoms with Crippen LogP contribution in [0.1, 0.15) is 45.7 Å². The van der Waals surface area contributed by atoms with Gasteiger partial charge in [0.1, 0.15) is 0 Å². The van der Waals surface area contributed by atoms with Crippen molar-refractivity contribution in [3.63, 3.8) is 0 Å². The van der Waals surface area contributed by atoms with E-state index in [1.165, 1.54) is 93.2 Å². The van der Waals surface area contributed by atoms with Gasteiger partial charge in [-0.25, -0.2) is 0 Å². The van der Waals surface area contributed by atoms with Gasteiger partial charge in [-0.05, 0) is 120 Å². The van der Waals surface area contributed by atoms with Crippen LogP contribution < -0.4 is 0 Å². The SMILES string of the molecule is C/C(=C\C(C)=C(/C)c1c2ccccc2c(-c2ccccc2-c2cccc3ccccc23)c2ccccc12)c1ccc2ccccc2c1.CC. The maximum atomic E-state index is 2.35. The lowest BCUT2D eigenvalue weighted by atomic mass is 9.82. The molecule has 8 aromatic rings. The molecule has 0 aromatic heterocycles. The molecule has 0 bridgehead atoms. The summed E-state index contributed by atoms with van der Waals surface area (Å²) in [6.45, 7) is 10.8. The van der Waals surface area contributed by atoms with Crippen LogP contribution >= 0.6 is 0 Å². The third kappa shape index (κ3) is 5.85. The average Bonchev–Trinajstić information content (AvgIpc) is 3.17. The smallest absolute Gasteiger partial charge is 0.00201 e. The summed E-state index contributed by atoms with van der Waals surface area (Å²) >= 11 is 0. The molecule has 0 saturated heterocycles. The fraction of sp³-hybridized carbons (Fsp3) is 0.102. The Bertz CT molecular complexity index is 2480. The van der Waals surface area contributed by atoms with E-state index >= 15 is 0 Å². The predicted octanol–water partition coefficient (Wildman–Crippen LogP) is 14.6. The molecule has 0 N–H and O–H groups in total. The van der Waals surface area contributed by atoms with Crippen molar-refractivity contribution in [3.05, 3.63) is 181 Å². The van der Waals surface area contributed by atoms with Gasteiger partial charge >= 0.3 is 0 Å². The lowest BCUT2D eigenvalue weighted by Crippen LogP contribution is -1.95. The molecule has 0 saturated carbocycles. The van der Waals surface area contributed by atoms with Crippen LogP contribution in [0.25, 0.3) is 76.5 Å². The van der Waals surface area contributed by atoms with E-state index in [4.69, 9.17) is 0 Å². The number of allylic oxidation sites excluding steroid dienone is 4. The Balaban J connectivity index is 0.00000186. The van der Waals surface area contributed by atoms with Crippen LogP contribution in [0.4, 0.5) is 0 Å². The molecule has 8 rings (SSSR count). The highest BCUT2D eigenvalue weighted by atomic mass is 14.2. The minimum atomic E-state index is 1.25. The Labute approximate surface area is 290 Å². The second kappa shape index (κ2) is 13.8. The van der Waals surface area contributed by atoms with Crippen molar-refractivity contribution in [1.82, 2.24) is 0 Å². The van der Waals surface area contributed by atoms with E-state index in [0.717, 1.165) is 0 Å². The van der Waals surface area contributed by atoms with Gasteiger partial charge in [-0.2, -0.15) is 0 Å². The number of hydrogen-bond acceptors (Lipinski definition) is 0. The summed E-state index contributed by atoms with van der Waals surface area (Å²) in [5.41, 5.74) is 11.5. The molecule has 0 heteroatoms. The normalized spacial score (nSPS) is 12.2. The van der Waals surface area contributed by atoms with E-state index in [0.29, 0.717) is 0 Å². The van der Waals surface area contributed by atoms with Crippen LogP contribution in [-0.2, 0) is 0 Å². The largest absolute Gasteiger partial charge is 0.0683 e. The van der Waals surface area contributed by atoms with E-state index in [-0.39, 0.29) is 0 Å². The monoisotopic (exact) mass is 630 g/mol. The molecule has 238 valence electrons. The fourth-order valence-corrected chi connectivity index (χ4v) is 7.37. The van der Waals surface area contributed by atoms with Crippen LogP contribution in [-0.4, -0.2) is 0 Å². The third-order valence-corrected chi connectivity index (χ3v) is 9.81. The van der Waals surface area contributed by atoms with E-state index in [9.17, 15) is 0 Å². The summed E-state index contributed by atoms with van der Waals surface area (Å²) in [5, 5.41) is 10.2. The molecule has 0 aliphatic carbocycles. The number of rotatable bonds is 5. The highest BCUT2D eigenvalue weighted by Crippen LogP contribution is 2.46. The van der Waals surface area contributed by atoms with Crippen molar-refractivity contribution >= 4 is 54.2 Å². The maximum Gasteiger partial charge on any atom is -0.00201 e. The van der Waals surface area contributed by atoms with Gasteiger partial charge in [-0.15, -0.1) is 0 Å². The van der Waals surface area contributed by atoms with Crippen LogP contribution in [0.3, 0.4) is 0 Å². The van der Waals surface area contributed by atoms with Gasteiger partial charge in [0.15, 0.2) is 0 Å². The zero-order valence-corrected chi connectivity index (χ0v) is 29.1. The van der Waals surface area contributed by atoms with E-state index in [1.807, 2.05) is 13.8 Å². The maximum absolute atomic E-state index is 2.35. The zero-order valence-electron chi connectivity index (χ0n) is 29.1. The lowest BCUT2D eigenvalue weighted by molar-refractivity contribution is 1.47. The minimum absolute atomic E-state index is 1.25. The van der Waals surface area contributed by atoms with Crippen molar-refractivity contribution < 1.29 is 0 Å². The molecule has 0 radical (unpaired) electrons. The van der Waals surface area contributed by atoms with Crippen LogP contribution in [0.15, 0.2) is 169 Å². The van der Waals surface area contributed by atoms with Crippen molar-refractivity contribution in [2.75, 3.05) is 0 Å². The summed E-state index contributed by atoms with van der Waals surface area (Å²) in [4.78, 5) is 0. The minimum Gasteiger partial charge on any atom is -0.0683 e. The van der Waals surface area contributed by atoms with Crippen molar-refractivity contribution in [1.29, 1.82) is 0 Å². The molecule has 8 aromatic carbocycles. The van der Waals surface area contributed by atoms with Crippen molar-refractivity contribution in [2.45, 2.75) is 34.6 Å². The molecular weight excluding hydrogens is 589 g/mol. The molecule has 0 atom stereocenters. The second-order valence-corrected chi connectivity index (χ2v) is 12.6. The standard InChI is InChI=1S/C47H36.C2H6/c1-31(29-32(2)36-28-27-34-15-4-5-17-37(34)30-36)33(3)46-42-22-10-12-24-44(42)47(45-25-13-11-23-43(45)46)41-21-9-8-20-40(41)39-26-14-18-35-16-6-7-19-38(35)39;1-2/h4-30H,1-3H3;1-2H3/b32-29+,33-31+;. The van der Waals surface area contributed by atoms with Gasteiger partial charge in [-0.1, -0.05) is 172 Å². The molecule has 0 unspecified atom stereocenters. The number of hydrogen-bond donors (Lipinski definition) is 0. The topological polar surface area (TPSA) is 0 Å². The van der Waals surface area contributed by atoms with Gasteiger partial charge < -0.3 is 0 Å². The van der Waals surface area contributed by atoms with Crippen LogP contribution in [0, 0.1) is 0 Å². The fourth-order valence-electron chi connectivity index (χ4n) is 7.37. The number of fused-ring (bicyclic) bond motifs is 4. The molecule has 0 nitrogen and oxygen atoms in total. The molecule has 0 amide bonds. The first-order valence-electron chi connectivity index (χ1n) is 17.4. The summed E-state index contributed by atoms with van der Waals surface area (Å²) in [6, 6.07) is 57.6. The second-order valence-electron chi connectivity index (χ2n) is 12.6. The molecule has 0 aliphatic rings. The lowest BCUT2D eigenvalue weighted by Gasteiger charge is -2.21. The first-order chi connectivity index (χ1) is 24.1. The summed E-state index contributed by atoms with van der Waals surface area (Å²) in [5.74, 6) is 0. The van der Waals surface area contributed by atoms with E-state index < -0.39 is 0 Å².